The molecule has 0 saturated carbocycles. The monoisotopic (exact) mass is 186 g/mol. The quantitative estimate of drug-likeness (QED) is 0.603. The minimum absolute atomic E-state index is 0.0599. The van der Waals surface area contributed by atoms with E-state index >= 15 is 0 Å². The van der Waals surface area contributed by atoms with Gasteiger partial charge in [0.1, 0.15) is 0 Å². The van der Waals surface area contributed by atoms with Gasteiger partial charge >= 0.3 is 0 Å². The molecule has 13 heavy (non-hydrogen) atoms. The number of aromatic nitrogens is 4. The smallest absolute Gasteiger partial charge is 0.169 e. The third-order valence-electron chi connectivity index (χ3n) is 1.80. The summed E-state index contributed by atoms with van der Waals surface area (Å²) in [4.78, 5) is 0. The van der Waals surface area contributed by atoms with Crippen LogP contribution in [-0.4, -0.2) is 36.2 Å². The molecule has 2 N–H and O–H groups in total. The maximum atomic E-state index is 9.46. The molecule has 1 heterocycles. The number of hydrogen-bond acceptors (Lipinski definition) is 5. The fraction of sp³-hybridized carbons (Fsp3) is 0.857. The molecule has 0 bridgehead atoms. The summed E-state index contributed by atoms with van der Waals surface area (Å²) in [6.45, 7) is 1.89. The topological polar surface area (TPSA) is 84.1 Å². The Morgan fingerprint density at radius 2 is 2.15 bits per heavy atom. The molecule has 0 aliphatic rings. The molecule has 74 valence electrons. The molecule has 1 rings (SSSR count). The Kier molecular flexibility index (Phi) is 2.94. The summed E-state index contributed by atoms with van der Waals surface area (Å²) in [5.41, 5.74) is 0. The van der Waals surface area contributed by atoms with Crippen LogP contribution in [0.25, 0.3) is 0 Å². The number of hydrogen-bond donors (Lipinski definition) is 2. The second-order valence-electron chi connectivity index (χ2n) is 3.13. The van der Waals surface area contributed by atoms with Gasteiger partial charge in [0, 0.05) is 13.5 Å². The van der Waals surface area contributed by atoms with Gasteiger partial charge in [-0.1, -0.05) is 13.3 Å². The van der Waals surface area contributed by atoms with Gasteiger partial charge in [-0.25, -0.2) is 4.68 Å². The average molecular weight is 186 g/mol. The van der Waals surface area contributed by atoms with Gasteiger partial charge in [0.05, 0.1) is 6.42 Å². The zero-order valence-corrected chi connectivity index (χ0v) is 7.80. The summed E-state index contributed by atoms with van der Waals surface area (Å²) < 4.78 is 1.43. The molecule has 0 aliphatic heterocycles. The second-order valence-corrected chi connectivity index (χ2v) is 3.13. The Labute approximate surface area is 76.2 Å². The second kappa shape index (κ2) is 3.80. The molecule has 0 saturated heterocycles. The summed E-state index contributed by atoms with van der Waals surface area (Å²) in [5.74, 6) is -1.23. The van der Waals surface area contributed by atoms with Gasteiger partial charge < -0.3 is 10.2 Å². The van der Waals surface area contributed by atoms with Gasteiger partial charge in [-0.3, -0.25) is 0 Å². The van der Waals surface area contributed by atoms with Crippen molar-refractivity contribution >= 4 is 0 Å². The predicted octanol–water partition coefficient (Wildman–Crippen LogP) is -0.766. The maximum Gasteiger partial charge on any atom is 0.169 e. The van der Waals surface area contributed by atoms with Crippen LogP contribution < -0.4 is 0 Å². The van der Waals surface area contributed by atoms with Gasteiger partial charge in [-0.05, 0) is 10.4 Å². The van der Waals surface area contributed by atoms with Crippen LogP contribution in [-0.2, 0) is 13.5 Å². The maximum absolute atomic E-state index is 9.46. The zero-order valence-electron chi connectivity index (χ0n) is 7.80. The fourth-order valence-corrected chi connectivity index (χ4v) is 1.14. The van der Waals surface area contributed by atoms with Gasteiger partial charge in [0.15, 0.2) is 11.6 Å². The third kappa shape index (κ3) is 2.74. The van der Waals surface area contributed by atoms with Crippen LogP contribution in [0.15, 0.2) is 0 Å². The molecule has 0 spiro atoms. The van der Waals surface area contributed by atoms with Gasteiger partial charge in [0.2, 0.25) is 0 Å². The Balaban J connectivity index is 2.63. The van der Waals surface area contributed by atoms with Crippen molar-refractivity contribution < 1.29 is 10.2 Å². The van der Waals surface area contributed by atoms with Crippen molar-refractivity contribution in [2.45, 2.75) is 32.0 Å². The van der Waals surface area contributed by atoms with E-state index in [2.05, 4.69) is 15.5 Å². The van der Waals surface area contributed by atoms with E-state index < -0.39 is 5.79 Å². The van der Waals surface area contributed by atoms with E-state index in [1.807, 2.05) is 6.92 Å². The Hall–Kier alpha value is -1.01. The largest absolute Gasteiger partial charge is 0.365 e. The molecular weight excluding hydrogens is 172 g/mol. The first-order valence-electron chi connectivity index (χ1n) is 4.21. The van der Waals surface area contributed by atoms with Crippen LogP contribution in [0, 0.1) is 0 Å². The van der Waals surface area contributed by atoms with Gasteiger partial charge in [-0.15, -0.1) is 5.10 Å². The van der Waals surface area contributed by atoms with E-state index in [1.165, 1.54) is 4.68 Å². The lowest BCUT2D eigenvalue weighted by Gasteiger charge is -2.19. The minimum Gasteiger partial charge on any atom is -0.365 e. The average Bonchev–Trinajstić information content (AvgIpc) is 2.35. The molecule has 0 aromatic carbocycles. The highest BCUT2D eigenvalue weighted by Crippen LogP contribution is 2.13. The van der Waals surface area contributed by atoms with Crippen LogP contribution in [0.1, 0.15) is 25.6 Å². The first-order valence-corrected chi connectivity index (χ1v) is 4.21. The van der Waals surface area contributed by atoms with Crippen molar-refractivity contribution in [1.29, 1.82) is 0 Å². The summed E-state index contributed by atoms with van der Waals surface area (Å²) in [5, 5.41) is 29.6. The molecule has 1 aromatic rings. The first-order chi connectivity index (χ1) is 6.05. The van der Waals surface area contributed by atoms with Crippen LogP contribution >= 0.6 is 0 Å². The number of aliphatic hydroxyl groups is 2. The lowest BCUT2D eigenvalue weighted by atomic mass is 10.1. The zero-order chi connectivity index (χ0) is 9.90. The number of rotatable bonds is 4. The molecule has 0 fully saturated rings. The van der Waals surface area contributed by atoms with Crippen molar-refractivity contribution in [1.82, 2.24) is 20.2 Å². The van der Waals surface area contributed by atoms with E-state index in [1.54, 1.807) is 7.05 Å². The van der Waals surface area contributed by atoms with Crippen LogP contribution in [0.2, 0.25) is 0 Å². The highest BCUT2D eigenvalue weighted by Gasteiger charge is 2.24. The SMILES string of the molecule is CCCC(O)(O)Cc1nnnn1C. The van der Waals surface area contributed by atoms with E-state index in [9.17, 15) is 10.2 Å². The van der Waals surface area contributed by atoms with E-state index in [-0.39, 0.29) is 6.42 Å². The summed E-state index contributed by atoms with van der Waals surface area (Å²) in [7, 11) is 1.66. The molecule has 6 nitrogen and oxygen atoms in total. The normalized spacial score (nSPS) is 12.0. The number of nitrogens with zero attached hydrogens (tertiary/aromatic N) is 4. The fourth-order valence-electron chi connectivity index (χ4n) is 1.14. The summed E-state index contributed by atoms with van der Waals surface area (Å²) in [6, 6.07) is 0. The molecule has 0 aliphatic carbocycles. The first kappa shape index (κ1) is 10.1. The van der Waals surface area contributed by atoms with Crippen molar-refractivity contribution in [3.05, 3.63) is 5.82 Å². The molecule has 0 atom stereocenters. The van der Waals surface area contributed by atoms with E-state index in [0.29, 0.717) is 18.7 Å². The highest BCUT2D eigenvalue weighted by molar-refractivity contribution is 4.86. The van der Waals surface area contributed by atoms with Crippen LogP contribution in [0.3, 0.4) is 0 Å². The molecule has 0 amide bonds. The van der Waals surface area contributed by atoms with Crippen molar-refractivity contribution in [3.8, 4) is 0 Å². The van der Waals surface area contributed by atoms with Crippen molar-refractivity contribution in [3.63, 3.8) is 0 Å². The number of tetrazole rings is 1. The third-order valence-corrected chi connectivity index (χ3v) is 1.80. The molecule has 0 unspecified atom stereocenters. The Morgan fingerprint density at radius 3 is 2.62 bits per heavy atom. The summed E-state index contributed by atoms with van der Waals surface area (Å²) >= 11 is 0. The lowest BCUT2D eigenvalue weighted by Crippen LogP contribution is -2.31. The van der Waals surface area contributed by atoms with Crippen molar-refractivity contribution in [2.75, 3.05) is 0 Å². The molecule has 0 radical (unpaired) electrons. The molecular formula is C7H14N4O2. The van der Waals surface area contributed by atoms with Gasteiger partial charge in [-0.2, -0.15) is 0 Å². The standard InChI is InChI=1S/C7H14N4O2/c1-3-4-7(12,13)5-6-8-9-10-11(6)2/h12-13H,3-5H2,1-2H3. The number of aryl methyl sites for hydroxylation is 1. The Bertz CT molecular complexity index is 271. The highest BCUT2D eigenvalue weighted by atomic mass is 16.5. The lowest BCUT2D eigenvalue weighted by molar-refractivity contribution is -0.165. The Morgan fingerprint density at radius 1 is 1.46 bits per heavy atom. The predicted molar refractivity (Wildman–Crippen MR) is 44.6 cm³/mol. The molecule has 1 aromatic heterocycles. The molecule has 6 heteroatoms. The van der Waals surface area contributed by atoms with Gasteiger partial charge in [0.25, 0.3) is 0 Å². The van der Waals surface area contributed by atoms with Crippen LogP contribution in [0.5, 0.6) is 0 Å². The summed E-state index contributed by atoms with van der Waals surface area (Å²) in [6.07, 6.45) is 1.09. The van der Waals surface area contributed by atoms with E-state index in [0.717, 1.165) is 0 Å². The van der Waals surface area contributed by atoms with Crippen LogP contribution in [0.4, 0.5) is 0 Å². The minimum atomic E-state index is -1.70. The van der Waals surface area contributed by atoms with Crippen molar-refractivity contribution in [2.24, 2.45) is 7.05 Å². The van der Waals surface area contributed by atoms with E-state index in [4.69, 9.17) is 0 Å².